The standard InChI is InChI=1S/C25H30Cl3N3O3/c26-19-3-1-17(2-4-19)18-7-11-30(12-8-18)16-23(32)25(34)9-13-31(14-10-25)24(33)29-20-5-6-21(27)22(28)15-20/h1-6,15,18,23,32,34H,7-14,16H2,(H,29,33). The molecule has 0 aliphatic carbocycles. The van der Waals surface area contributed by atoms with Gasteiger partial charge >= 0.3 is 6.03 Å². The number of benzene rings is 2. The first-order chi connectivity index (χ1) is 16.2. The van der Waals surface area contributed by atoms with Crippen LogP contribution in [0.15, 0.2) is 42.5 Å². The molecule has 2 aliphatic heterocycles. The molecular weight excluding hydrogens is 497 g/mol. The van der Waals surface area contributed by atoms with E-state index < -0.39 is 11.7 Å². The van der Waals surface area contributed by atoms with E-state index in [9.17, 15) is 15.0 Å². The molecule has 184 valence electrons. The van der Waals surface area contributed by atoms with Gasteiger partial charge in [-0.05, 0) is 80.6 Å². The molecular formula is C25H30Cl3N3O3. The Kier molecular flexibility index (Phi) is 8.28. The van der Waals surface area contributed by atoms with Gasteiger partial charge in [0.15, 0.2) is 0 Å². The average molecular weight is 527 g/mol. The maximum Gasteiger partial charge on any atom is 0.321 e. The zero-order valence-corrected chi connectivity index (χ0v) is 21.2. The zero-order valence-electron chi connectivity index (χ0n) is 18.9. The Bertz CT molecular complexity index is 989. The van der Waals surface area contributed by atoms with Crippen molar-refractivity contribution in [1.29, 1.82) is 0 Å². The number of aliphatic hydroxyl groups is 2. The molecule has 1 unspecified atom stereocenters. The molecule has 2 heterocycles. The average Bonchev–Trinajstić information content (AvgIpc) is 2.83. The van der Waals surface area contributed by atoms with Gasteiger partial charge in [-0.2, -0.15) is 0 Å². The number of nitrogens with zero attached hydrogens (tertiary/aromatic N) is 2. The SMILES string of the molecule is O=C(Nc1ccc(Cl)c(Cl)c1)N1CCC(O)(C(O)CN2CCC(c3ccc(Cl)cc3)CC2)CC1. The number of rotatable bonds is 5. The van der Waals surface area contributed by atoms with Crippen molar-refractivity contribution < 1.29 is 15.0 Å². The van der Waals surface area contributed by atoms with E-state index in [1.54, 1.807) is 23.1 Å². The fraction of sp³-hybridized carbons (Fsp3) is 0.480. The third-order valence-corrected chi connectivity index (χ3v) is 8.06. The van der Waals surface area contributed by atoms with Gasteiger partial charge < -0.3 is 25.3 Å². The summed E-state index contributed by atoms with van der Waals surface area (Å²) in [6, 6.07) is 12.7. The molecule has 9 heteroatoms. The molecule has 0 bridgehead atoms. The number of urea groups is 1. The van der Waals surface area contributed by atoms with Crippen LogP contribution in [-0.4, -0.2) is 70.5 Å². The summed E-state index contributed by atoms with van der Waals surface area (Å²) in [5.74, 6) is 0.492. The second-order valence-corrected chi connectivity index (χ2v) is 10.5. The first-order valence-corrected chi connectivity index (χ1v) is 12.8. The highest BCUT2D eigenvalue weighted by atomic mass is 35.5. The molecule has 2 saturated heterocycles. The Morgan fingerprint density at radius 2 is 1.65 bits per heavy atom. The second kappa shape index (κ2) is 11.0. The summed E-state index contributed by atoms with van der Waals surface area (Å²) < 4.78 is 0. The smallest absolute Gasteiger partial charge is 0.321 e. The van der Waals surface area contributed by atoms with E-state index in [1.165, 1.54) is 5.56 Å². The van der Waals surface area contributed by atoms with Gasteiger partial charge in [0.05, 0.1) is 21.8 Å². The molecule has 34 heavy (non-hydrogen) atoms. The number of hydrogen-bond donors (Lipinski definition) is 3. The molecule has 2 amide bonds. The highest BCUT2D eigenvalue weighted by molar-refractivity contribution is 6.42. The fourth-order valence-electron chi connectivity index (χ4n) is 4.80. The molecule has 0 aromatic heterocycles. The first kappa shape index (κ1) is 25.5. The number of aliphatic hydroxyl groups excluding tert-OH is 1. The topological polar surface area (TPSA) is 76.0 Å². The third-order valence-electron chi connectivity index (χ3n) is 7.07. The van der Waals surface area contributed by atoms with Crippen LogP contribution in [0.4, 0.5) is 10.5 Å². The number of halogens is 3. The molecule has 6 nitrogen and oxygen atoms in total. The Hall–Kier alpha value is -1.54. The molecule has 1 atom stereocenters. The van der Waals surface area contributed by atoms with Crippen LogP contribution in [0.5, 0.6) is 0 Å². The molecule has 0 spiro atoms. The predicted octanol–water partition coefficient (Wildman–Crippen LogP) is 5.25. The van der Waals surface area contributed by atoms with Crippen LogP contribution in [0.25, 0.3) is 0 Å². The minimum absolute atomic E-state index is 0.265. The van der Waals surface area contributed by atoms with Crippen molar-refractivity contribution in [3.63, 3.8) is 0 Å². The number of carbonyl (C=O) groups is 1. The number of nitrogens with one attached hydrogen (secondary N) is 1. The second-order valence-electron chi connectivity index (χ2n) is 9.29. The van der Waals surface area contributed by atoms with E-state index in [1.807, 2.05) is 12.1 Å². The van der Waals surface area contributed by atoms with Gasteiger partial charge in [-0.3, -0.25) is 0 Å². The summed E-state index contributed by atoms with van der Waals surface area (Å²) in [5.41, 5.74) is 0.657. The van der Waals surface area contributed by atoms with Gasteiger partial charge in [0, 0.05) is 30.3 Å². The number of amides is 2. The van der Waals surface area contributed by atoms with Gasteiger partial charge in [-0.25, -0.2) is 4.79 Å². The Morgan fingerprint density at radius 3 is 2.26 bits per heavy atom. The lowest BCUT2D eigenvalue weighted by Crippen LogP contribution is -2.56. The van der Waals surface area contributed by atoms with Crippen LogP contribution in [0.3, 0.4) is 0 Å². The van der Waals surface area contributed by atoms with Gasteiger partial charge in [0.1, 0.15) is 0 Å². The summed E-state index contributed by atoms with van der Waals surface area (Å²) in [6.45, 7) is 2.90. The lowest BCUT2D eigenvalue weighted by atomic mass is 9.84. The van der Waals surface area contributed by atoms with Crippen molar-refractivity contribution >= 4 is 46.5 Å². The summed E-state index contributed by atoms with van der Waals surface area (Å²) in [5, 5.41) is 26.3. The number of likely N-dealkylation sites (tertiary alicyclic amines) is 2. The lowest BCUT2D eigenvalue weighted by molar-refractivity contribution is -0.113. The highest BCUT2D eigenvalue weighted by Gasteiger charge is 2.41. The highest BCUT2D eigenvalue weighted by Crippen LogP contribution is 2.31. The quantitative estimate of drug-likeness (QED) is 0.498. The van der Waals surface area contributed by atoms with Crippen molar-refractivity contribution in [1.82, 2.24) is 9.80 Å². The van der Waals surface area contributed by atoms with E-state index in [-0.39, 0.29) is 6.03 Å². The minimum Gasteiger partial charge on any atom is -0.389 e. The summed E-state index contributed by atoms with van der Waals surface area (Å²) in [6.07, 6.45) is 1.80. The van der Waals surface area contributed by atoms with Crippen LogP contribution >= 0.6 is 34.8 Å². The monoisotopic (exact) mass is 525 g/mol. The Morgan fingerprint density at radius 1 is 1.00 bits per heavy atom. The maximum atomic E-state index is 12.6. The van der Waals surface area contributed by atoms with Crippen molar-refractivity contribution in [3.8, 4) is 0 Å². The molecule has 2 aromatic rings. The van der Waals surface area contributed by atoms with E-state index >= 15 is 0 Å². The van der Waals surface area contributed by atoms with Crippen molar-refractivity contribution in [2.24, 2.45) is 0 Å². The van der Waals surface area contributed by atoms with Gasteiger partial charge in [-0.15, -0.1) is 0 Å². The van der Waals surface area contributed by atoms with Crippen molar-refractivity contribution in [2.45, 2.75) is 43.3 Å². The number of piperidine rings is 2. The van der Waals surface area contributed by atoms with Gasteiger partial charge in [0.25, 0.3) is 0 Å². The molecule has 2 aliphatic rings. The van der Waals surface area contributed by atoms with Crippen LogP contribution in [-0.2, 0) is 0 Å². The summed E-state index contributed by atoms with van der Waals surface area (Å²) in [7, 11) is 0. The van der Waals surface area contributed by atoms with E-state index in [2.05, 4.69) is 22.3 Å². The van der Waals surface area contributed by atoms with Crippen LogP contribution < -0.4 is 5.32 Å². The van der Waals surface area contributed by atoms with Gasteiger partial charge in [0.2, 0.25) is 0 Å². The Labute approximate surface area is 215 Å². The molecule has 2 fully saturated rings. The first-order valence-electron chi connectivity index (χ1n) is 11.6. The van der Waals surface area contributed by atoms with Crippen LogP contribution in [0.2, 0.25) is 15.1 Å². The van der Waals surface area contributed by atoms with Crippen LogP contribution in [0.1, 0.15) is 37.2 Å². The molecule has 0 radical (unpaired) electrons. The molecule has 2 aromatic carbocycles. The summed E-state index contributed by atoms with van der Waals surface area (Å²) >= 11 is 17.9. The summed E-state index contributed by atoms with van der Waals surface area (Å²) in [4.78, 5) is 16.5. The number of anilines is 1. The van der Waals surface area contributed by atoms with E-state index in [0.717, 1.165) is 31.0 Å². The van der Waals surface area contributed by atoms with Crippen molar-refractivity contribution in [3.05, 3.63) is 63.1 Å². The number of β-amino-alcohol motifs (C(OH)–C–C–N with tert-alkyl or cyclic N) is 1. The molecule has 3 N–H and O–H groups in total. The fourth-order valence-corrected chi connectivity index (χ4v) is 5.23. The maximum absolute atomic E-state index is 12.6. The minimum atomic E-state index is -1.20. The lowest BCUT2D eigenvalue weighted by Gasteiger charge is -2.43. The van der Waals surface area contributed by atoms with E-state index in [0.29, 0.717) is 54.1 Å². The predicted molar refractivity (Wildman–Crippen MR) is 137 cm³/mol. The Balaban J connectivity index is 1.24. The molecule has 4 rings (SSSR count). The molecule has 0 saturated carbocycles. The largest absolute Gasteiger partial charge is 0.389 e. The normalized spacial score (nSPS) is 20.2. The van der Waals surface area contributed by atoms with Crippen LogP contribution in [0, 0.1) is 0 Å². The number of carbonyl (C=O) groups excluding carboxylic acids is 1. The third kappa shape index (κ3) is 6.17. The number of hydrogen-bond acceptors (Lipinski definition) is 4. The van der Waals surface area contributed by atoms with Crippen molar-refractivity contribution in [2.75, 3.05) is 38.0 Å². The van der Waals surface area contributed by atoms with E-state index in [4.69, 9.17) is 34.8 Å². The van der Waals surface area contributed by atoms with Gasteiger partial charge in [-0.1, -0.05) is 46.9 Å². The zero-order chi connectivity index (χ0) is 24.3.